The molecule has 3 aliphatic carbocycles. The molecule has 2 atom stereocenters. The van der Waals surface area contributed by atoms with Crippen molar-refractivity contribution in [2.24, 2.45) is 17.3 Å². The molecule has 0 aliphatic heterocycles. The van der Waals surface area contributed by atoms with Crippen LogP contribution in [0.2, 0.25) is 0 Å². The Morgan fingerprint density at radius 2 is 1.71 bits per heavy atom. The van der Waals surface area contributed by atoms with Gasteiger partial charge in [-0.2, -0.15) is 0 Å². The molecule has 12 heteroatoms. The second kappa shape index (κ2) is 9.03. The number of hydrogen-bond donors (Lipinski definition) is 1. The zero-order valence-corrected chi connectivity index (χ0v) is 19.7. The molecular formula is C16H20Cl6N2O4. The normalized spacial score (nSPS) is 23.2. The van der Waals surface area contributed by atoms with E-state index >= 15 is 0 Å². The van der Waals surface area contributed by atoms with Crippen molar-refractivity contribution in [3.05, 3.63) is 11.6 Å². The van der Waals surface area contributed by atoms with Crippen LogP contribution in [0, 0.1) is 17.3 Å². The molecule has 0 aromatic rings. The highest BCUT2D eigenvalue weighted by molar-refractivity contribution is 6.68. The van der Waals surface area contributed by atoms with Gasteiger partial charge in [-0.05, 0) is 35.7 Å². The van der Waals surface area contributed by atoms with E-state index in [1.54, 1.807) is 0 Å². The molecular weight excluding hydrogens is 497 g/mol. The first kappa shape index (κ1) is 24.3. The van der Waals surface area contributed by atoms with Gasteiger partial charge in [-0.25, -0.2) is 20.0 Å². The molecule has 1 N–H and O–H groups in total. The molecule has 6 nitrogen and oxygen atoms in total. The van der Waals surface area contributed by atoms with Crippen molar-refractivity contribution in [1.82, 2.24) is 10.4 Å². The fraction of sp³-hybridized carbons (Fsp3) is 0.750. The summed E-state index contributed by atoms with van der Waals surface area (Å²) in [5.74, 6) is 0.918. The summed E-state index contributed by atoms with van der Waals surface area (Å²) < 4.78 is 6.21. The zero-order valence-electron chi connectivity index (χ0n) is 15.1. The summed E-state index contributed by atoms with van der Waals surface area (Å²) in [6.07, 6.45) is 2.13. The summed E-state index contributed by atoms with van der Waals surface area (Å²) in [6, 6.07) is 0. The van der Waals surface area contributed by atoms with Crippen LogP contribution in [0.15, 0.2) is 11.6 Å². The molecule has 0 heterocycles. The number of allylic oxidation sites excluding steroid dienone is 1. The number of alkyl halides is 6. The summed E-state index contributed by atoms with van der Waals surface area (Å²) >= 11 is 33.5. The lowest BCUT2D eigenvalue weighted by atomic mass is 9.49. The van der Waals surface area contributed by atoms with E-state index in [0.717, 1.165) is 23.4 Å². The number of rotatable bonds is 4. The van der Waals surface area contributed by atoms with Gasteiger partial charge in [0.1, 0.15) is 13.2 Å². The van der Waals surface area contributed by atoms with Gasteiger partial charge in [0.05, 0.1) is 6.54 Å². The van der Waals surface area contributed by atoms with Gasteiger partial charge in [0, 0.05) is 0 Å². The van der Waals surface area contributed by atoms with E-state index in [1.165, 1.54) is 0 Å². The first-order valence-electron chi connectivity index (χ1n) is 8.39. The van der Waals surface area contributed by atoms with Crippen molar-refractivity contribution in [1.29, 1.82) is 0 Å². The smallest absolute Gasteiger partial charge is 0.429 e. The number of nitrogens with zero attached hydrogens (tertiary/aromatic N) is 1. The molecule has 0 saturated heterocycles. The predicted octanol–water partition coefficient (Wildman–Crippen LogP) is 5.80. The maximum absolute atomic E-state index is 12.4. The second-order valence-electron chi connectivity index (χ2n) is 7.38. The van der Waals surface area contributed by atoms with Gasteiger partial charge in [-0.15, -0.1) is 0 Å². The van der Waals surface area contributed by atoms with Crippen molar-refractivity contribution in [3.63, 3.8) is 0 Å². The Labute approximate surface area is 193 Å². The summed E-state index contributed by atoms with van der Waals surface area (Å²) in [6.45, 7) is 3.48. The predicted molar refractivity (Wildman–Crippen MR) is 111 cm³/mol. The largest absolute Gasteiger partial charge is 0.444 e. The molecule has 28 heavy (non-hydrogen) atoms. The Kier molecular flexibility index (Phi) is 7.83. The molecule has 1 saturated carbocycles. The van der Waals surface area contributed by atoms with Crippen LogP contribution in [0.25, 0.3) is 0 Å². The first-order valence-corrected chi connectivity index (χ1v) is 10.7. The van der Waals surface area contributed by atoms with Crippen LogP contribution < -0.4 is 5.43 Å². The van der Waals surface area contributed by atoms with E-state index in [-0.39, 0.29) is 12.0 Å². The van der Waals surface area contributed by atoms with E-state index in [4.69, 9.17) is 79.1 Å². The van der Waals surface area contributed by atoms with E-state index in [2.05, 4.69) is 25.3 Å². The zero-order chi connectivity index (χ0) is 21.3. The highest BCUT2D eigenvalue weighted by Crippen LogP contribution is 2.59. The summed E-state index contributed by atoms with van der Waals surface area (Å²) in [5.41, 5.74) is 3.44. The van der Waals surface area contributed by atoms with Gasteiger partial charge < -0.3 is 9.47 Å². The maximum atomic E-state index is 12.4. The Morgan fingerprint density at radius 3 is 2.21 bits per heavy atom. The molecule has 2 bridgehead atoms. The lowest BCUT2D eigenvalue weighted by Gasteiger charge is -2.56. The van der Waals surface area contributed by atoms with Gasteiger partial charge in [0.15, 0.2) is 0 Å². The van der Waals surface area contributed by atoms with E-state index in [1.807, 2.05) is 0 Å². The summed E-state index contributed by atoms with van der Waals surface area (Å²) in [7, 11) is 0. The molecule has 2 amide bonds. The van der Waals surface area contributed by atoms with E-state index < -0.39 is 33.0 Å². The Hall–Kier alpha value is 0.0200. The van der Waals surface area contributed by atoms with E-state index in [0.29, 0.717) is 11.8 Å². The standard InChI is InChI=1S/C16H20Cl6N2O4/c1-14(2)10-4-3-9(11(14)5-10)6-24(13(26)28-8-16(20,21)22)23-12(25)27-7-15(17,18)19/h3,10-11H,4-8H2,1-2H3,(H,23,25)/t10-,11-/m1/s1. The van der Waals surface area contributed by atoms with E-state index in [9.17, 15) is 9.59 Å². The summed E-state index contributed by atoms with van der Waals surface area (Å²) in [4.78, 5) is 24.4. The van der Waals surface area contributed by atoms with Gasteiger partial charge in [0.25, 0.3) is 0 Å². The average Bonchev–Trinajstić information content (AvgIpc) is 2.56. The number of carbonyl (C=O) groups is 2. The third-order valence-corrected chi connectivity index (χ3v) is 5.75. The molecule has 1 fully saturated rings. The van der Waals surface area contributed by atoms with Crippen LogP contribution >= 0.6 is 69.6 Å². The van der Waals surface area contributed by atoms with Gasteiger partial charge >= 0.3 is 12.2 Å². The number of carbonyl (C=O) groups excluding carboxylic acids is 2. The minimum absolute atomic E-state index is 0.0996. The molecule has 0 aromatic carbocycles. The van der Waals surface area contributed by atoms with Gasteiger partial charge in [-0.1, -0.05) is 89.5 Å². The molecule has 0 unspecified atom stereocenters. The Morgan fingerprint density at radius 1 is 1.14 bits per heavy atom. The number of nitrogens with one attached hydrogen (secondary N) is 1. The monoisotopic (exact) mass is 514 g/mol. The number of amides is 2. The number of hydrazine groups is 1. The minimum Gasteiger partial charge on any atom is -0.444 e. The highest BCUT2D eigenvalue weighted by Gasteiger charge is 2.51. The van der Waals surface area contributed by atoms with Crippen molar-refractivity contribution >= 4 is 81.8 Å². The van der Waals surface area contributed by atoms with Crippen molar-refractivity contribution in [3.8, 4) is 0 Å². The van der Waals surface area contributed by atoms with Crippen LogP contribution in [-0.4, -0.2) is 44.5 Å². The molecule has 0 radical (unpaired) electrons. The van der Waals surface area contributed by atoms with Crippen molar-refractivity contribution < 1.29 is 19.1 Å². The van der Waals surface area contributed by atoms with Crippen LogP contribution in [0.3, 0.4) is 0 Å². The van der Waals surface area contributed by atoms with Crippen molar-refractivity contribution in [2.75, 3.05) is 19.8 Å². The third-order valence-electron chi connectivity index (χ3n) is 5.10. The van der Waals surface area contributed by atoms with Crippen LogP contribution in [0.4, 0.5) is 9.59 Å². The first-order chi connectivity index (χ1) is 12.7. The molecule has 0 spiro atoms. The van der Waals surface area contributed by atoms with Crippen LogP contribution in [0.5, 0.6) is 0 Å². The number of fused-ring (bicyclic) bond motifs is 1. The minimum atomic E-state index is -1.79. The maximum Gasteiger partial charge on any atom is 0.429 e. The molecule has 3 aliphatic rings. The molecule has 0 aromatic heterocycles. The summed E-state index contributed by atoms with van der Waals surface area (Å²) in [5, 5.41) is 0.956. The molecule has 3 rings (SSSR count). The van der Waals surface area contributed by atoms with Gasteiger partial charge in [0.2, 0.25) is 7.59 Å². The molecule has 160 valence electrons. The van der Waals surface area contributed by atoms with Crippen molar-refractivity contribution in [2.45, 2.75) is 34.3 Å². The topological polar surface area (TPSA) is 67.9 Å². The lowest BCUT2D eigenvalue weighted by Crippen LogP contribution is -2.53. The quantitative estimate of drug-likeness (QED) is 0.291. The number of halogens is 6. The third kappa shape index (κ3) is 6.78. The number of hydrogen-bond acceptors (Lipinski definition) is 4. The number of ether oxygens (including phenoxy) is 2. The van der Waals surface area contributed by atoms with Crippen LogP contribution in [-0.2, 0) is 9.47 Å². The highest BCUT2D eigenvalue weighted by atomic mass is 35.6. The van der Waals surface area contributed by atoms with Gasteiger partial charge in [-0.3, -0.25) is 0 Å². The SMILES string of the molecule is CC1(C)[C@@H]2CC=C(CN(NC(=O)OCC(Cl)(Cl)Cl)C(=O)OCC(Cl)(Cl)Cl)[C@H]1C2. The Balaban J connectivity index is 2.04. The fourth-order valence-corrected chi connectivity index (χ4v) is 3.83. The second-order valence-corrected chi connectivity index (χ2v) is 12.4. The Bertz CT molecular complexity index is 644. The lowest BCUT2D eigenvalue weighted by molar-refractivity contribution is -0.0124. The average molecular weight is 517 g/mol. The van der Waals surface area contributed by atoms with Crippen LogP contribution in [0.1, 0.15) is 26.7 Å². The fourth-order valence-electron chi connectivity index (χ4n) is 3.50.